The van der Waals surface area contributed by atoms with Gasteiger partial charge in [-0.1, -0.05) is 19.9 Å². The van der Waals surface area contributed by atoms with Crippen molar-refractivity contribution in [3.8, 4) is 0 Å². The van der Waals surface area contributed by atoms with E-state index in [9.17, 15) is 9.59 Å². The highest BCUT2D eigenvalue weighted by molar-refractivity contribution is 7.12. The van der Waals surface area contributed by atoms with Crippen molar-refractivity contribution >= 4 is 23.0 Å². The van der Waals surface area contributed by atoms with Crippen LogP contribution in [0.1, 0.15) is 36.4 Å². The molecule has 5 heteroatoms. The molecule has 1 saturated carbocycles. The van der Waals surface area contributed by atoms with E-state index in [2.05, 4.69) is 0 Å². The average Bonchev–Trinajstić information content (AvgIpc) is 3.07. The molecule has 0 aliphatic heterocycles. The van der Waals surface area contributed by atoms with Crippen molar-refractivity contribution in [2.24, 2.45) is 11.7 Å². The second kappa shape index (κ2) is 5.84. The number of carbonyl (C=O) groups is 2. The lowest BCUT2D eigenvalue weighted by atomic mass is 10.0. The predicted octanol–water partition coefficient (Wildman–Crippen LogP) is 1.91. The summed E-state index contributed by atoms with van der Waals surface area (Å²) < 4.78 is 0. The van der Waals surface area contributed by atoms with Crippen molar-refractivity contribution in [2.45, 2.75) is 38.8 Å². The normalized spacial score (nSPS) is 16.4. The van der Waals surface area contributed by atoms with E-state index >= 15 is 0 Å². The van der Waals surface area contributed by atoms with E-state index in [1.54, 1.807) is 11.0 Å². The zero-order chi connectivity index (χ0) is 14.0. The molecule has 2 N–H and O–H groups in total. The third kappa shape index (κ3) is 3.42. The number of nitrogens with two attached hydrogens (primary N) is 1. The van der Waals surface area contributed by atoms with E-state index in [0.717, 1.165) is 12.8 Å². The number of ketones is 1. The number of hydrogen-bond acceptors (Lipinski definition) is 4. The molecule has 1 aliphatic carbocycles. The van der Waals surface area contributed by atoms with E-state index in [1.165, 1.54) is 11.3 Å². The summed E-state index contributed by atoms with van der Waals surface area (Å²) in [5.74, 6) is -0.000739. The van der Waals surface area contributed by atoms with Crippen molar-refractivity contribution in [1.29, 1.82) is 0 Å². The van der Waals surface area contributed by atoms with Crippen LogP contribution >= 0.6 is 11.3 Å². The molecule has 1 aromatic heterocycles. The maximum atomic E-state index is 12.3. The van der Waals surface area contributed by atoms with Gasteiger partial charge < -0.3 is 10.6 Å². The van der Waals surface area contributed by atoms with Crippen molar-refractivity contribution in [3.63, 3.8) is 0 Å². The number of rotatable bonds is 6. The van der Waals surface area contributed by atoms with Crippen LogP contribution in [0.5, 0.6) is 0 Å². The minimum Gasteiger partial charge on any atom is -0.331 e. The Labute approximate surface area is 117 Å². The maximum Gasteiger partial charge on any atom is 0.240 e. The molecule has 1 aliphatic rings. The van der Waals surface area contributed by atoms with Crippen molar-refractivity contribution in [1.82, 2.24) is 4.90 Å². The molecule has 1 fully saturated rings. The van der Waals surface area contributed by atoms with Crippen LogP contribution in [0.25, 0.3) is 0 Å². The molecule has 1 atom stereocenters. The van der Waals surface area contributed by atoms with E-state index in [-0.39, 0.29) is 30.2 Å². The highest BCUT2D eigenvalue weighted by Crippen LogP contribution is 2.28. The molecule has 0 spiro atoms. The van der Waals surface area contributed by atoms with Crippen LogP contribution in [-0.2, 0) is 4.79 Å². The van der Waals surface area contributed by atoms with Crippen molar-refractivity contribution in [3.05, 3.63) is 22.4 Å². The first-order valence-corrected chi connectivity index (χ1v) is 7.51. The zero-order valence-electron chi connectivity index (χ0n) is 11.3. The zero-order valence-corrected chi connectivity index (χ0v) is 12.2. The molecule has 1 heterocycles. The second-order valence-electron chi connectivity index (χ2n) is 5.37. The minimum absolute atomic E-state index is 0.00575. The smallest absolute Gasteiger partial charge is 0.240 e. The molecule has 2 rings (SSSR count). The van der Waals surface area contributed by atoms with Crippen molar-refractivity contribution < 1.29 is 9.59 Å². The molecule has 0 bridgehead atoms. The van der Waals surface area contributed by atoms with E-state index in [0.29, 0.717) is 4.88 Å². The first-order chi connectivity index (χ1) is 9.00. The average molecular weight is 280 g/mol. The highest BCUT2D eigenvalue weighted by atomic mass is 32.1. The summed E-state index contributed by atoms with van der Waals surface area (Å²) in [5, 5.41) is 1.87. The Kier molecular flexibility index (Phi) is 4.37. The topological polar surface area (TPSA) is 63.4 Å². The van der Waals surface area contributed by atoms with Crippen LogP contribution in [-0.4, -0.2) is 35.2 Å². The van der Waals surface area contributed by atoms with Crippen LogP contribution in [0, 0.1) is 5.92 Å². The lowest BCUT2D eigenvalue weighted by Crippen LogP contribution is -2.49. The van der Waals surface area contributed by atoms with Crippen molar-refractivity contribution in [2.75, 3.05) is 6.54 Å². The van der Waals surface area contributed by atoms with Crippen LogP contribution in [0.2, 0.25) is 0 Å². The summed E-state index contributed by atoms with van der Waals surface area (Å²) in [6.45, 7) is 4.01. The summed E-state index contributed by atoms with van der Waals surface area (Å²) in [7, 11) is 0. The van der Waals surface area contributed by atoms with Gasteiger partial charge in [-0.2, -0.15) is 0 Å². The molecule has 0 radical (unpaired) electrons. The fourth-order valence-electron chi connectivity index (χ4n) is 1.92. The van der Waals surface area contributed by atoms with Crippen LogP contribution in [0.4, 0.5) is 0 Å². The van der Waals surface area contributed by atoms with Gasteiger partial charge in [-0.3, -0.25) is 9.59 Å². The number of hydrogen-bond donors (Lipinski definition) is 1. The molecule has 1 aromatic rings. The first kappa shape index (κ1) is 14.2. The number of Topliss-reactive ketones (excluding diaryl/α,β-unsaturated/α-hetero) is 1. The summed E-state index contributed by atoms with van der Waals surface area (Å²) in [5.41, 5.74) is 5.92. The Balaban J connectivity index is 2.04. The molecular formula is C14H20N2O2S. The Morgan fingerprint density at radius 2 is 2.16 bits per heavy atom. The standard InChI is InChI=1S/C14H20N2O2S/c1-9(2)13(15)14(18)16(10-5-6-10)8-11(17)12-4-3-7-19-12/h3-4,7,9-10,13H,5-6,8,15H2,1-2H3/t13-/m0/s1. The minimum atomic E-state index is -0.517. The van der Waals surface area contributed by atoms with Gasteiger partial charge in [0.25, 0.3) is 0 Å². The fourth-order valence-corrected chi connectivity index (χ4v) is 2.58. The Bertz CT molecular complexity index is 452. The summed E-state index contributed by atoms with van der Waals surface area (Å²) in [6.07, 6.45) is 1.96. The number of nitrogens with zero attached hydrogens (tertiary/aromatic N) is 1. The molecule has 19 heavy (non-hydrogen) atoms. The predicted molar refractivity (Wildman–Crippen MR) is 76.2 cm³/mol. The first-order valence-electron chi connectivity index (χ1n) is 6.63. The van der Waals surface area contributed by atoms with Gasteiger partial charge in [0, 0.05) is 6.04 Å². The Morgan fingerprint density at radius 1 is 1.47 bits per heavy atom. The Morgan fingerprint density at radius 3 is 2.63 bits per heavy atom. The monoisotopic (exact) mass is 280 g/mol. The van der Waals surface area contributed by atoms with Crippen LogP contribution < -0.4 is 5.73 Å². The fraction of sp³-hybridized carbons (Fsp3) is 0.571. The lowest BCUT2D eigenvalue weighted by molar-refractivity contribution is -0.133. The van der Waals surface area contributed by atoms with Gasteiger partial charge in [-0.05, 0) is 30.2 Å². The number of carbonyl (C=O) groups excluding carboxylic acids is 2. The molecule has 4 nitrogen and oxygen atoms in total. The summed E-state index contributed by atoms with van der Waals surface area (Å²) in [6, 6.07) is 3.34. The molecule has 0 saturated heterocycles. The number of thiophene rings is 1. The molecular weight excluding hydrogens is 260 g/mol. The van der Waals surface area contributed by atoms with Crippen LogP contribution in [0.15, 0.2) is 17.5 Å². The summed E-state index contributed by atoms with van der Waals surface area (Å²) >= 11 is 1.41. The van der Waals surface area contributed by atoms with Gasteiger partial charge in [0.15, 0.2) is 5.78 Å². The molecule has 104 valence electrons. The SMILES string of the molecule is CC(C)[C@H](N)C(=O)N(CC(=O)c1cccs1)C1CC1. The molecule has 0 aromatic carbocycles. The lowest BCUT2D eigenvalue weighted by Gasteiger charge is -2.26. The van der Waals surface area contributed by atoms with E-state index in [4.69, 9.17) is 5.73 Å². The Hall–Kier alpha value is -1.20. The summed E-state index contributed by atoms with van der Waals surface area (Å²) in [4.78, 5) is 26.8. The van der Waals surface area contributed by atoms with Gasteiger partial charge in [-0.15, -0.1) is 11.3 Å². The molecule has 1 amide bonds. The third-order valence-electron chi connectivity index (χ3n) is 3.38. The maximum absolute atomic E-state index is 12.3. The van der Waals surface area contributed by atoms with Gasteiger partial charge in [0.2, 0.25) is 5.91 Å². The van der Waals surface area contributed by atoms with Crippen LogP contribution in [0.3, 0.4) is 0 Å². The highest BCUT2D eigenvalue weighted by Gasteiger charge is 2.36. The quantitative estimate of drug-likeness (QED) is 0.810. The van der Waals surface area contributed by atoms with Gasteiger partial charge in [0.05, 0.1) is 17.5 Å². The number of amides is 1. The second-order valence-corrected chi connectivity index (χ2v) is 6.32. The van der Waals surface area contributed by atoms with Gasteiger partial charge in [0.1, 0.15) is 0 Å². The van der Waals surface area contributed by atoms with E-state index < -0.39 is 6.04 Å². The van der Waals surface area contributed by atoms with E-state index in [1.807, 2.05) is 25.3 Å². The largest absolute Gasteiger partial charge is 0.331 e. The van der Waals surface area contributed by atoms with Gasteiger partial charge in [-0.25, -0.2) is 0 Å². The molecule has 0 unspecified atom stereocenters. The third-order valence-corrected chi connectivity index (χ3v) is 4.29. The van der Waals surface area contributed by atoms with Gasteiger partial charge >= 0.3 is 0 Å².